The molecule has 110 valence electrons. The third kappa shape index (κ3) is 4.37. The molecule has 6 heteroatoms. The van der Waals surface area contributed by atoms with Crippen molar-refractivity contribution in [3.63, 3.8) is 0 Å². The molecule has 2 atom stereocenters. The first-order valence-corrected chi connectivity index (χ1v) is 7.05. The Kier molecular flexibility index (Phi) is 5.64. The van der Waals surface area contributed by atoms with Gasteiger partial charge in [-0.15, -0.1) is 0 Å². The lowest BCUT2D eigenvalue weighted by Gasteiger charge is -2.29. The van der Waals surface area contributed by atoms with E-state index in [2.05, 4.69) is 10.6 Å². The Morgan fingerprint density at radius 1 is 1.60 bits per heavy atom. The zero-order valence-corrected chi connectivity index (χ0v) is 12.2. The molecule has 1 saturated heterocycles. The molecule has 0 unspecified atom stereocenters. The lowest BCUT2D eigenvalue weighted by atomic mass is 10.1. The van der Waals surface area contributed by atoms with Crippen LogP contribution in [-0.2, 0) is 9.53 Å². The van der Waals surface area contributed by atoms with Gasteiger partial charge in [0.05, 0.1) is 19.3 Å². The molecule has 0 aliphatic carbocycles. The summed E-state index contributed by atoms with van der Waals surface area (Å²) in [6.07, 6.45) is -0.113. The monoisotopic (exact) mass is 298 g/mol. The fraction of sp³-hybridized carbons (Fsp3) is 0.500. The largest absolute Gasteiger partial charge is 0.492 e. The van der Waals surface area contributed by atoms with Crippen LogP contribution < -0.4 is 15.4 Å². The van der Waals surface area contributed by atoms with E-state index in [-0.39, 0.29) is 18.1 Å². The maximum atomic E-state index is 11.9. The predicted molar refractivity (Wildman–Crippen MR) is 77.2 cm³/mol. The highest BCUT2D eigenvalue weighted by Gasteiger charge is 2.27. The molecular formula is C14H19ClN2O3. The van der Waals surface area contributed by atoms with E-state index in [4.69, 9.17) is 21.1 Å². The molecule has 0 bridgehead atoms. The normalized spacial score (nSPS) is 22.3. The van der Waals surface area contributed by atoms with Crippen molar-refractivity contribution >= 4 is 17.5 Å². The molecule has 0 aromatic heterocycles. The molecule has 1 aromatic rings. The van der Waals surface area contributed by atoms with E-state index in [1.54, 1.807) is 12.1 Å². The summed E-state index contributed by atoms with van der Waals surface area (Å²) >= 11 is 5.85. The van der Waals surface area contributed by atoms with Crippen molar-refractivity contribution in [1.82, 2.24) is 10.6 Å². The summed E-state index contributed by atoms with van der Waals surface area (Å²) in [4.78, 5) is 11.9. The Bertz CT molecular complexity index is 456. The summed E-state index contributed by atoms with van der Waals surface area (Å²) < 4.78 is 10.9. The topological polar surface area (TPSA) is 59.6 Å². The van der Waals surface area contributed by atoms with E-state index in [9.17, 15) is 4.79 Å². The molecule has 5 nitrogen and oxygen atoms in total. The first kappa shape index (κ1) is 15.1. The third-order valence-electron chi connectivity index (χ3n) is 3.07. The second kappa shape index (κ2) is 7.47. The molecule has 1 amide bonds. The van der Waals surface area contributed by atoms with Crippen LogP contribution in [0.2, 0.25) is 5.02 Å². The molecule has 0 saturated carbocycles. The molecule has 1 heterocycles. The first-order chi connectivity index (χ1) is 9.66. The van der Waals surface area contributed by atoms with Gasteiger partial charge in [0.1, 0.15) is 18.4 Å². The van der Waals surface area contributed by atoms with Crippen molar-refractivity contribution < 1.29 is 14.3 Å². The number of rotatable bonds is 5. The van der Waals surface area contributed by atoms with E-state index >= 15 is 0 Å². The first-order valence-electron chi connectivity index (χ1n) is 6.68. The average Bonchev–Trinajstić information content (AvgIpc) is 2.44. The number of hydrogen-bond acceptors (Lipinski definition) is 4. The molecule has 20 heavy (non-hydrogen) atoms. The highest BCUT2D eigenvalue weighted by molar-refractivity contribution is 6.30. The predicted octanol–water partition coefficient (Wildman–Crippen LogP) is 1.21. The van der Waals surface area contributed by atoms with Gasteiger partial charge >= 0.3 is 0 Å². The zero-order valence-electron chi connectivity index (χ0n) is 11.4. The fourth-order valence-corrected chi connectivity index (χ4v) is 2.22. The van der Waals surface area contributed by atoms with Crippen LogP contribution in [0.5, 0.6) is 5.75 Å². The quantitative estimate of drug-likeness (QED) is 0.802. The number of carbonyl (C=O) groups excluding carboxylic acids is 1. The van der Waals surface area contributed by atoms with E-state index in [0.29, 0.717) is 37.1 Å². The minimum Gasteiger partial charge on any atom is -0.492 e. The lowest BCUT2D eigenvalue weighted by molar-refractivity contribution is -0.129. The fourth-order valence-electron chi connectivity index (χ4n) is 2.04. The van der Waals surface area contributed by atoms with Gasteiger partial charge in [-0.25, -0.2) is 0 Å². The van der Waals surface area contributed by atoms with Crippen molar-refractivity contribution in [3.05, 3.63) is 29.3 Å². The second-order valence-electron chi connectivity index (χ2n) is 4.60. The second-order valence-corrected chi connectivity index (χ2v) is 5.04. The minimum atomic E-state index is -0.296. The maximum absolute atomic E-state index is 11.9. The number of nitrogens with one attached hydrogen (secondary N) is 2. The summed E-state index contributed by atoms with van der Waals surface area (Å²) in [6.45, 7) is 4.06. The summed E-state index contributed by atoms with van der Waals surface area (Å²) in [5.41, 5.74) is 0. The molecule has 1 aliphatic heterocycles. The third-order valence-corrected chi connectivity index (χ3v) is 3.30. The van der Waals surface area contributed by atoms with Crippen LogP contribution in [0.4, 0.5) is 0 Å². The number of carbonyl (C=O) groups is 1. The summed E-state index contributed by atoms with van der Waals surface area (Å²) in [5.74, 6) is 0.631. The van der Waals surface area contributed by atoms with Crippen molar-refractivity contribution in [2.75, 3.05) is 26.3 Å². The van der Waals surface area contributed by atoms with Gasteiger partial charge in [0, 0.05) is 11.6 Å². The molecule has 2 N–H and O–H groups in total. The van der Waals surface area contributed by atoms with Gasteiger partial charge in [0.2, 0.25) is 5.91 Å². The van der Waals surface area contributed by atoms with Crippen LogP contribution in [0.3, 0.4) is 0 Å². The Labute approximate surface area is 123 Å². The summed E-state index contributed by atoms with van der Waals surface area (Å²) in [6, 6.07) is 6.87. The molecule has 1 aliphatic rings. The Morgan fingerprint density at radius 2 is 2.45 bits per heavy atom. The van der Waals surface area contributed by atoms with E-state index < -0.39 is 0 Å². The number of morpholine rings is 1. The number of hydrogen-bond donors (Lipinski definition) is 2. The average molecular weight is 299 g/mol. The zero-order chi connectivity index (χ0) is 14.4. The SMILES string of the molecule is C[C@H]1OCCN[C@@H]1C(=O)NCCOc1cccc(Cl)c1. The van der Waals surface area contributed by atoms with Crippen LogP contribution in [0, 0.1) is 0 Å². The van der Waals surface area contributed by atoms with E-state index in [1.165, 1.54) is 0 Å². The van der Waals surface area contributed by atoms with Gasteiger partial charge in [-0.1, -0.05) is 17.7 Å². The highest BCUT2D eigenvalue weighted by Crippen LogP contribution is 2.16. The maximum Gasteiger partial charge on any atom is 0.239 e. The van der Waals surface area contributed by atoms with Crippen molar-refractivity contribution in [3.8, 4) is 5.75 Å². The van der Waals surface area contributed by atoms with Gasteiger partial charge in [-0.2, -0.15) is 0 Å². The number of benzene rings is 1. The van der Waals surface area contributed by atoms with E-state index in [0.717, 1.165) is 0 Å². The summed E-state index contributed by atoms with van der Waals surface area (Å²) in [7, 11) is 0. The van der Waals surface area contributed by atoms with Gasteiger partial charge in [-0.3, -0.25) is 4.79 Å². The smallest absolute Gasteiger partial charge is 0.239 e. The van der Waals surface area contributed by atoms with Crippen LogP contribution >= 0.6 is 11.6 Å². The van der Waals surface area contributed by atoms with Crippen LogP contribution in [0.25, 0.3) is 0 Å². The molecule has 0 radical (unpaired) electrons. The molecule has 1 aromatic carbocycles. The van der Waals surface area contributed by atoms with Gasteiger partial charge in [0.15, 0.2) is 0 Å². The molecule has 2 rings (SSSR count). The number of amides is 1. The Balaban J connectivity index is 1.69. The number of halogens is 1. The summed E-state index contributed by atoms with van der Waals surface area (Å²) in [5, 5.41) is 6.60. The Morgan fingerprint density at radius 3 is 3.20 bits per heavy atom. The lowest BCUT2D eigenvalue weighted by Crippen LogP contribution is -2.55. The van der Waals surface area contributed by atoms with Crippen LogP contribution in [0.15, 0.2) is 24.3 Å². The highest BCUT2D eigenvalue weighted by atomic mass is 35.5. The standard InChI is InChI=1S/C14H19ClN2O3/c1-10-13(16-5-7-19-10)14(18)17-6-8-20-12-4-2-3-11(15)9-12/h2-4,9-10,13,16H,5-8H2,1H3,(H,17,18)/t10-,13+/m1/s1. The van der Waals surface area contributed by atoms with Crippen molar-refractivity contribution in [2.24, 2.45) is 0 Å². The number of ether oxygens (including phenoxy) is 2. The minimum absolute atomic E-state index is 0.0631. The van der Waals surface area contributed by atoms with Crippen molar-refractivity contribution in [1.29, 1.82) is 0 Å². The molecule has 1 fully saturated rings. The van der Waals surface area contributed by atoms with Gasteiger partial charge < -0.3 is 20.1 Å². The van der Waals surface area contributed by atoms with Crippen LogP contribution in [0.1, 0.15) is 6.92 Å². The van der Waals surface area contributed by atoms with E-state index in [1.807, 2.05) is 19.1 Å². The van der Waals surface area contributed by atoms with Crippen molar-refractivity contribution in [2.45, 2.75) is 19.1 Å². The van der Waals surface area contributed by atoms with Gasteiger partial charge in [-0.05, 0) is 25.1 Å². The molecule has 0 spiro atoms. The van der Waals surface area contributed by atoms with Gasteiger partial charge in [0.25, 0.3) is 0 Å². The molecular weight excluding hydrogens is 280 g/mol. The van der Waals surface area contributed by atoms with Crippen LogP contribution in [-0.4, -0.2) is 44.4 Å². The Hall–Kier alpha value is -1.30.